The quantitative estimate of drug-likeness (QED) is 0.833. The van der Waals surface area contributed by atoms with Gasteiger partial charge in [0.15, 0.2) is 0 Å². The number of fused-ring (bicyclic) bond motifs is 1. The van der Waals surface area contributed by atoms with Crippen molar-refractivity contribution in [2.75, 3.05) is 6.54 Å². The molecule has 0 bridgehead atoms. The zero-order valence-electron chi connectivity index (χ0n) is 8.56. The number of hydrogen-bond donors (Lipinski definition) is 1. The SMILES string of the molecule is O=S1(=O)NC[C@@H]2C[C@@H](c3ccc(Cl)cc3)[C@@H]21. The smallest absolute Gasteiger partial charge is 0.215 e. The Morgan fingerprint density at radius 3 is 2.56 bits per heavy atom. The molecule has 1 saturated carbocycles. The van der Waals surface area contributed by atoms with Crippen LogP contribution in [0.15, 0.2) is 24.3 Å². The van der Waals surface area contributed by atoms with Crippen LogP contribution in [0.5, 0.6) is 0 Å². The topological polar surface area (TPSA) is 46.2 Å². The average Bonchev–Trinajstić information content (AvgIpc) is 2.39. The van der Waals surface area contributed by atoms with Crippen LogP contribution in [0.1, 0.15) is 17.9 Å². The van der Waals surface area contributed by atoms with Gasteiger partial charge in [-0.25, -0.2) is 13.1 Å². The minimum atomic E-state index is -3.08. The molecule has 1 aliphatic heterocycles. The van der Waals surface area contributed by atoms with E-state index in [0.717, 1.165) is 12.0 Å². The van der Waals surface area contributed by atoms with Crippen molar-refractivity contribution in [2.24, 2.45) is 5.92 Å². The van der Waals surface area contributed by atoms with Crippen molar-refractivity contribution >= 4 is 21.6 Å². The molecule has 3 rings (SSSR count). The first-order valence-electron chi connectivity index (χ1n) is 5.32. The molecule has 1 aliphatic carbocycles. The summed E-state index contributed by atoms with van der Waals surface area (Å²) in [5.74, 6) is 0.438. The Kier molecular flexibility index (Phi) is 2.28. The van der Waals surface area contributed by atoms with Gasteiger partial charge in [-0.2, -0.15) is 0 Å². The third-order valence-corrected chi connectivity index (χ3v) is 5.87. The highest BCUT2D eigenvalue weighted by Crippen LogP contribution is 2.48. The summed E-state index contributed by atoms with van der Waals surface area (Å²) in [4.78, 5) is 0. The fourth-order valence-corrected chi connectivity index (χ4v) is 4.93. The molecular formula is C11H12ClNO2S. The summed E-state index contributed by atoms with van der Waals surface area (Å²) >= 11 is 5.81. The van der Waals surface area contributed by atoms with Gasteiger partial charge in [0.25, 0.3) is 0 Å². The van der Waals surface area contributed by atoms with E-state index in [2.05, 4.69) is 4.72 Å². The van der Waals surface area contributed by atoms with Gasteiger partial charge < -0.3 is 0 Å². The van der Waals surface area contributed by atoms with Crippen molar-refractivity contribution in [1.82, 2.24) is 4.72 Å². The summed E-state index contributed by atoms with van der Waals surface area (Å²) in [6, 6.07) is 7.49. The van der Waals surface area contributed by atoms with Gasteiger partial charge in [0.1, 0.15) is 0 Å². The normalized spacial score (nSPS) is 35.4. The van der Waals surface area contributed by atoms with Gasteiger partial charge in [0, 0.05) is 17.5 Å². The fourth-order valence-electron chi connectivity index (χ4n) is 2.75. The van der Waals surface area contributed by atoms with Crippen LogP contribution in [-0.4, -0.2) is 20.2 Å². The predicted octanol–water partition coefficient (Wildman–Crippen LogP) is 1.75. The molecular weight excluding hydrogens is 246 g/mol. The Balaban J connectivity index is 1.91. The van der Waals surface area contributed by atoms with E-state index >= 15 is 0 Å². The van der Waals surface area contributed by atoms with Crippen LogP contribution in [0.2, 0.25) is 5.02 Å². The summed E-state index contributed by atoms with van der Waals surface area (Å²) < 4.78 is 26.1. The Labute approximate surface area is 99.9 Å². The number of sulfonamides is 1. The molecule has 0 radical (unpaired) electrons. The van der Waals surface area contributed by atoms with E-state index in [1.54, 1.807) is 0 Å². The summed E-state index contributed by atoms with van der Waals surface area (Å²) in [5.41, 5.74) is 1.08. The summed E-state index contributed by atoms with van der Waals surface area (Å²) in [6.07, 6.45) is 0.957. The molecule has 5 heteroatoms. The lowest BCUT2D eigenvalue weighted by molar-refractivity contribution is 0.294. The first-order chi connectivity index (χ1) is 7.58. The van der Waals surface area contributed by atoms with Crippen molar-refractivity contribution in [3.05, 3.63) is 34.9 Å². The Bertz CT molecular complexity index is 511. The molecule has 2 aliphatic rings. The third kappa shape index (κ3) is 1.48. The van der Waals surface area contributed by atoms with E-state index < -0.39 is 10.0 Å². The molecule has 16 heavy (non-hydrogen) atoms. The van der Waals surface area contributed by atoms with Crippen molar-refractivity contribution in [2.45, 2.75) is 17.6 Å². The van der Waals surface area contributed by atoms with Crippen molar-refractivity contribution in [1.29, 1.82) is 0 Å². The highest BCUT2D eigenvalue weighted by atomic mass is 35.5. The summed E-state index contributed by atoms with van der Waals surface area (Å²) in [7, 11) is -3.08. The predicted molar refractivity (Wildman–Crippen MR) is 63.0 cm³/mol. The lowest BCUT2D eigenvalue weighted by atomic mass is 9.71. The average molecular weight is 258 g/mol. The monoisotopic (exact) mass is 257 g/mol. The van der Waals surface area contributed by atoms with Crippen LogP contribution in [-0.2, 0) is 10.0 Å². The zero-order valence-corrected chi connectivity index (χ0v) is 10.1. The lowest BCUT2D eigenvalue weighted by Crippen LogP contribution is -2.41. The standard InChI is InChI=1S/C11H12ClNO2S/c12-9-3-1-7(2-4-9)10-5-8-6-13-16(14,15)11(8)10/h1-4,8,10-11,13H,5-6H2/t8-,10-,11+/m0/s1. The van der Waals surface area contributed by atoms with Crippen molar-refractivity contribution < 1.29 is 8.42 Å². The van der Waals surface area contributed by atoms with E-state index in [-0.39, 0.29) is 11.2 Å². The summed E-state index contributed by atoms with van der Waals surface area (Å²) in [6.45, 7) is 0.608. The fraction of sp³-hybridized carbons (Fsp3) is 0.455. The molecule has 3 nitrogen and oxygen atoms in total. The largest absolute Gasteiger partial charge is 0.215 e. The first-order valence-corrected chi connectivity index (χ1v) is 7.24. The molecule has 86 valence electrons. The van der Waals surface area contributed by atoms with Crippen LogP contribution < -0.4 is 4.72 Å². The van der Waals surface area contributed by atoms with E-state index in [1.165, 1.54) is 0 Å². The number of benzene rings is 1. The van der Waals surface area contributed by atoms with Gasteiger partial charge in [-0.1, -0.05) is 23.7 Å². The van der Waals surface area contributed by atoms with Gasteiger partial charge in [0.2, 0.25) is 10.0 Å². The van der Waals surface area contributed by atoms with Gasteiger partial charge in [0.05, 0.1) is 5.25 Å². The van der Waals surface area contributed by atoms with Crippen LogP contribution in [0.4, 0.5) is 0 Å². The van der Waals surface area contributed by atoms with Crippen LogP contribution in [0.3, 0.4) is 0 Å². The number of hydrogen-bond acceptors (Lipinski definition) is 2. The molecule has 0 aromatic heterocycles. The Morgan fingerprint density at radius 2 is 1.94 bits per heavy atom. The highest BCUT2D eigenvalue weighted by molar-refractivity contribution is 7.90. The molecule has 1 heterocycles. The number of halogens is 1. The maximum absolute atomic E-state index is 11.7. The molecule has 1 N–H and O–H groups in total. The second kappa shape index (κ2) is 3.45. The van der Waals surface area contributed by atoms with Crippen molar-refractivity contribution in [3.8, 4) is 0 Å². The molecule has 0 amide bonds. The Morgan fingerprint density at radius 1 is 1.25 bits per heavy atom. The zero-order chi connectivity index (χ0) is 11.3. The van der Waals surface area contributed by atoms with Crippen LogP contribution >= 0.6 is 11.6 Å². The van der Waals surface area contributed by atoms with Gasteiger partial charge in [-0.05, 0) is 30.0 Å². The minimum absolute atomic E-state index is 0.141. The minimum Gasteiger partial charge on any atom is -0.215 e. The molecule has 1 aromatic carbocycles. The molecule has 3 atom stereocenters. The highest BCUT2D eigenvalue weighted by Gasteiger charge is 2.53. The summed E-state index contributed by atoms with van der Waals surface area (Å²) in [5, 5.41) is 0.459. The third-order valence-electron chi connectivity index (χ3n) is 3.62. The second-order valence-electron chi connectivity index (χ2n) is 4.51. The van der Waals surface area contributed by atoms with Crippen molar-refractivity contribution in [3.63, 3.8) is 0 Å². The van der Waals surface area contributed by atoms with Crippen LogP contribution in [0.25, 0.3) is 0 Å². The number of nitrogens with one attached hydrogen (secondary N) is 1. The van der Waals surface area contributed by atoms with Gasteiger partial charge in [-0.15, -0.1) is 0 Å². The molecule has 2 fully saturated rings. The van der Waals surface area contributed by atoms with E-state index in [1.807, 2.05) is 24.3 Å². The van der Waals surface area contributed by atoms with E-state index in [4.69, 9.17) is 11.6 Å². The lowest BCUT2D eigenvalue weighted by Gasteiger charge is -2.38. The second-order valence-corrected chi connectivity index (χ2v) is 6.87. The Hall–Kier alpha value is -0.580. The first kappa shape index (κ1) is 10.6. The molecule has 0 unspecified atom stereocenters. The van der Waals surface area contributed by atoms with E-state index in [9.17, 15) is 8.42 Å². The maximum Gasteiger partial charge on any atom is 0.215 e. The molecule has 1 saturated heterocycles. The van der Waals surface area contributed by atoms with Gasteiger partial charge in [-0.3, -0.25) is 0 Å². The number of rotatable bonds is 1. The maximum atomic E-state index is 11.7. The van der Waals surface area contributed by atoms with Gasteiger partial charge >= 0.3 is 0 Å². The van der Waals surface area contributed by atoms with Crippen LogP contribution in [0, 0.1) is 5.92 Å². The molecule has 1 aromatic rings. The van der Waals surface area contributed by atoms with E-state index in [0.29, 0.717) is 17.5 Å². The molecule has 0 spiro atoms.